The number of rotatable bonds is 4. The molecule has 1 aromatic heterocycles. The van der Waals surface area contributed by atoms with Crippen LogP contribution in [-0.4, -0.2) is 28.7 Å². The van der Waals surface area contributed by atoms with Crippen LogP contribution in [0.25, 0.3) is 0 Å². The number of aromatic nitrogens is 2. The second-order valence-electron chi connectivity index (χ2n) is 3.74. The summed E-state index contributed by atoms with van der Waals surface area (Å²) in [7, 11) is 0. The zero-order chi connectivity index (χ0) is 12.3. The van der Waals surface area contributed by atoms with Crippen LogP contribution in [0.15, 0.2) is 21.9 Å². The Labute approximate surface area is 96.0 Å². The predicted molar refractivity (Wildman–Crippen MR) is 56.5 cm³/mol. The first-order valence-electron chi connectivity index (χ1n) is 5.23. The van der Waals surface area contributed by atoms with E-state index in [0.717, 1.165) is 0 Å². The van der Waals surface area contributed by atoms with Crippen LogP contribution in [0.1, 0.15) is 19.1 Å². The third kappa shape index (κ3) is 2.62. The fourth-order valence-corrected chi connectivity index (χ4v) is 1.81. The quantitative estimate of drug-likeness (QED) is 0.709. The Morgan fingerprint density at radius 3 is 3.06 bits per heavy atom. The Morgan fingerprint density at radius 2 is 2.35 bits per heavy atom. The average Bonchev–Trinajstić information content (AvgIpc) is 2.75. The lowest BCUT2D eigenvalue weighted by Crippen LogP contribution is -2.31. The van der Waals surface area contributed by atoms with Crippen molar-refractivity contribution in [3.05, 3.63) is 33.1 Å². The summed E-state index contributed by atoms with van der Waals surface area (Å²) < 4.78 is 11.4. The molecule has 0 spiro atoms. The molecule has 0 aromatic carbocycles. The Bertz CT molecular complexity index is 506. The summed E-state index contributed by atoms with van der Waals surface area (Å²) in [5.74, 6) is 0. The number of aromatic amines is 1. The highest BCUT2D eigenvalue weighted by Crippen LogP contribution is 2.26. The van der Waals surface area contributed by atoms with Crippen molar-refractivity contribution in [1.29, 1.82) is 0 Å². The number of hydrogen-bond donors (Lipinski definition) is 1. The number of ether oxygens (including phenoxy) is 2. The van der Waals surface area contributed by atoms with Gasteiger partial charge in [0.25, 0.3) is 12.0 Å². The van der Waals surface area contributed by atoms with Crippen LogP contribution in [0.2, 0.25) is 0 Å². The minimum absolute atomic E-state index is 0.179. The first-order chi connectivity index (χ1) is 8.20. The van der Waals surface area contributed by atoms with E-state index in [4.69, 9.17) is 4.74 Å². The summed E-state index contributed by atoms with van der Waals surface area (Å²) in [6.07, 6.45) is 2.11. The van der Waals surface area contributed by atoms with Crippen molar-refractivity contribution < 1.29 is 14.3 Å². The van der Waals surface area contributed by atoms with Crippen LogP contribution in [0.4, 0.5) is 0 Å². The molecule has 1 N–H and O–H groups in total. The summed E-state index contributed by atoms with van der Waals surface area (Å²) in [5, 5.41) is 0. The van der Waals surface area contributed by atoms with Gasteiger partial charge in [-0.3, -0.25) is 19.1 Å². The van der Waals surface area contributed by atoms with E-state index in [1.54, 1.807) is 0 Å². The zero-order valence-electron chi connectivity index (χ0n) is 9.00. The fourth-order valence-electron chi connectivity index (χ4n) is 1.81. The van der Waals surface area contributed by atoms with Crippen LogP contribution in [-0.2, 0) is 14.3 Å². The van der Waals surface area contributed by atoms with Crippen molar-refractivity contribution in [2.24, 2.45) is 0 Å². The maximum absolute atomic E-state index is 11.5. The number of H-pyrrole nitrogens is 1. The molecule has 0 amide bonds. The highest BCUT2D eigenvalue weighted by molar-refractivity contribution is 5.36. The molecule has 0 saturated carbocycles. The minimum Gasteiger partial charge on any atom is -0.465 e. The highest BCUT2D eigenvalue weighted by Gasteiger charge is 2.27. The molecule has 0 radical (unpaired) electrons. The second-order valence-corrected chi connectivity index (χ2v) is 3.74. The van der Waals surface area contributed by atoms with Gasteiger partial charge in [0.1, 0.15) is 12.8 Å². The van der Waals surface area contributed by atoms with Crippen LogP contribution in [0.3, 0.4) is 0 Å². The number of nitrogens with one attached hydrogen (secondary N) is 1. The summed E-state index contributed by atoms with van der Waals surface area (Å²) >= 11 is 0. The third-order valence-electron chi connectivity index (χ3n) is 2.60. The standard InChI is InChI=1S/C10H12N2O5/c13-6-16-5-7-1-2-9(17-7)12-4-3-8(14)11-10(12)15/h3-4,6-7,9H,1-2,5H2,(H,11,14,15)/t7-,9+/m0/s1. The fraction of sp³-hybridized carbons (Fsp3) is 0.500. The molecule has 2 rings (SSSR count). The predicted octanol–water partition coefficient (Wildman–Crippen LogP) is -0.613. The van der Waals surface area contributed by atoms with Crippen molar-refractivity contribution in [2.45, 2.75) is 25.2 Å². The van der Waals surface area contributed by atoms with Gasteiger partial charge in [-0.25, -0.2) is 4.79 Å². The summed E-state index contributed by atoms with van der Waals surface area (Å²) in [4.78, 5) is 34.6. The maximum Gasteiger partial charge on any atom is 0.330 e. The Kier molecular flexibility index (Phi) is 3.38. The average molecular weight is 240 g/mol. The molecule has 1 aliphatic heterocycles. The molecule has 0 bridgehead atoms. The molecule has 1 fully saturated rings. The van der Waals surface area contributed by atoms with E-state index in [1.165, 1.54) is 16.8 Å². The van der Waals surface area contributed by atoms with Crippen LogP contribution in [0.5, 0.6) is 0 Å². The van der Waals surface area contributed by atoms with E-state index in [0.29, 0.717) is 19.3 Å². The molecule has 0 unspecified atom stereocenters. The molecular weight excluding hydrogens is 228 g/mol. The molecule has 2 atom stereocenters. The Balaban J connectivity index is 2.07. The van der Waals surface area contributed by atoms with Crippen molar-refractivity contribution in [2.75, 3.05) is 6.61 Å². The van der Waals surface area contributed by atoms with Gasteiger partial charge in [0.2, 0.25) is 0 Å². The largest absolute Gasteiger partial charge is 0.465 e. The molecule has 1 aromatic rings. The molecule has 17 heavy (non-hydrogen) atoms. The van der Waals surface area contributed by atoms with Gasteiger partial charge < -0.3 is 9.47 Å². The topological polar surface area (TPSA) is 90.4 Å². The van der Waals surface area contributed by atoms with E-state index in [9.17, 15) is 14.4 Å². The van der Waals surface area contributed by atoms with Gasteiger partial charge in [0.05, 0.1) is 6.10 Å². The molecule has 1 saturated heterocycles. The molecular formula is C10H12N2O5. The van der Waals surface area contributed by atoms with Gasteiger partial charge in [-0.15, -0.1) is 0 Å². The van der Waals surface area contributed by atoms with Crippen LogP contribution in [0, 0.1) is 0 Å². The van der Waals surface area contributed by atoms with Gasteiger partial charge in [0, 0.05) is 12.3 Å². The normalized spacial score (nSPS) is 23.5. The van der Waals surface area contributed by atoms with E-state index >= 15 is 0 Å². The lowest BCUT2D eigenvalue weighted by Gasteiger charge is -2.14. The lowest BCUT2D eigenvalue weighted by molar-refractivity contribution is -0.133. The number of carbonyl (C=O) groups is 1. The minimum atomic E-state index is -0.501. The Hall–Kier alpha value is -1.89. The number of nitrogens with zero attached hydrogens (tertiary/aromatic N) is 1. The van der Waals surface area contributed by atoms with E-state index in [1.807, 2.05) is 0 Å². The zero-order valence-corrected chi connectivity index (χ0v) is 9.00. The monoisotopic (exact) mass is 240 g/mol. The molecule has 2 heterocycles. The van der Waals surface area contributed by atoms with Gasteiger partial charge in [-0.05, 0) is 12.8 Å². The lowest BCUT2D eigenvalue weighted by atomic mass is 10.2. The van der Waals surface area contributed by atoms with Crippen LogP contribution < -0.4 is 11.2 Å². The van der Waals surface area contributed by atoms with E-state index in [2.05, 4.69) is 9.72 Å². The summed E-state index contributed by atoms with van der Waals surface area (Å²) in [6.45, 7) is 0.543. The summed E-state index contributed by atoms with van der Waals surface area (Å²) in [5.41, 5.74) is -0.940. The van der Waals surface area contributed by atoms with Crippen molar-refractivity contribution in [3.8, 4) is 0 Å². The van der Waals surface area contributed by atoms with Crippen molar-refractivity contribution in [3.63, 3.8) is 0 Å². The molecule has 0 aliphatic carbocycles. The highest BCUT2D eigenvalue weighted by atomic mass is 16.6. The van der Waals surface area contributed by atoms with E-state index < -0.39 is 17.5 Å². The van der Waals surface area contributed by atoms with Gasteiger partial charge in [-0.2, -0.15) is 0 Å². The van der Waals surface area contributed by atoms with E-state index in [-0.39, 0.29) is 12.7 Å². The van der Waals surface area contributed by atoms with Gasteiger partial charge >= 0.3 is 5.69 Å². The smallest absolute Gasteiger partial charge is 0.330 e. The molecule has 92 valence electrons. The molecule has 1 aliphatic rings. The van der Waals surface area contributed by atoms with Crippen molar-refractivity contribution in [1.82, 2.24) is 9.55 Å². The Morgan fingerprint density at radius 1 is 1.53 bits per heavy atom. The summed E-state index contributed by atoms with van der Waals surface area (Å²) in [6, 6.07) is 1.26. The van der Waals surface area contributed by atoms with Gasteiger partial charge in [-0.1, -0.05) is 0 Å². The first-order valence-corrected chi connectivity index (χ1v) is 5.23. The van der Waals surface area contributed by atoms with Crippen LogP contribution >= 0.6 is 0 Å². The molecule has 7 nitrogen and oxygen atoms in total. The molecule has 7 heteroatoms. The van der Waals surface area contributed by atoms with Crippen molar-refractivity contribution >= 4 is 6.47 Å². The second kappa shape index (κ2) is 4.96. The first kappa shape index (κ1) is 11.6. The third-order valence-corrected chi connectivity index (χ3v) is 2.60. The SMILES string of the molecule is O=COC[C@@H]1CC[C@H](n2ccc(=O)[nH]c2=O)O1. The number of carbonyl (C=O) groups excluding carboxylic acids is 1. The van der Waals surface area contributed by atoms with Gasteiger partial charge in [0.15, 0.2) is 0 Å². The number of hydrogen-bond acceptors (Lipinski definition) is 5. The maximum atomic E-state index is 11.5.